The van der Waals surface area contributed by atoms with Gasteiger partial charge in [-0.1, -0.05) is 31.2 Å². The first-order valence-corrected chi connectivity index (χ1v) is 9.60. The van der Waals surface area contributed by atoms with Crippen molar-refractivity contribution in [3.8, 4) is 0 Å². The van der Waals surface area contributed by atoms with Gasteiger partial charge in [0.15, 0.2) is 0 Å². The monoisotopic (exact) mass is 369 g/mol. The zero-order chi connectivity index (χ0) is 18.8. The van der Waals surface area contributed by atoms with E-state index in [0.717, 1.165) is 16.9 Å². The highest BCUT2D eigenvalue weighted by atomic mass is 32.1. The van der Waals surface area contributed by atoms with E-state index in [4.69, 9.17) is 0 Å². The van der Waals surface area contributed by atoms with E-state index in [1.54, 1.807) is 4.57 Å². The molecule has 0 fully saturated rings. The van der Waals surface area contributed by atoms with Gasteiger partial charge in [0.1, 0.15) is 10.2 Å². The Hall–Kier alpha value is -2.47. The maximum absolute atomic E-state index is 12.7. The van der Waals surface area contributed by atoms with Crippen LogP contribution in [0.3, 0.4) is 0 Å². The van der Waals surface area contributed by atoms with Crippen molar-refractivity contribution >= 4 is 27.5 Å². The van der Waals surface area contributed by atoms with Gasteiger partial charge in [0.05, 0.1) is 11.9 Å². The van der Waals surface area contributed by atoms with Crippen molar-refractivity contribution in [3.63, 3.8) is 0 Å². The number of amides is 1. The second-order valence-corrected chi connectivity index (χ2v) is 7.84. The molecule has 0 bridgehead atoms. The number of fused-ring (bicyclic) bond motifs is 1. The van der Waals surface area contributed by atoms with Crippen LogP contribution in [-0.4, -0.2) is 15.5 Å². The summed E-state index contributed by atoms with van der Waals surface area (Å²) in [6, 6.07) is 8.23. The predicted molar refractivity (Wildman–Crippen MR) is 106 cm³/mol. The minimum absolute atomic E-state index is 0.0326. The molecule has 0 spiro atoms. The number of aryl methyl sites for hydroxylation is 2. The highest BCUT2D eigenvalue weighted by molar-refractivity contribution is 7.19. The van der Waals surface area contributed by atoms with Crippen LogP contribution in [0.4, 0.5) is 0 Å². The van der Waals surface area contributed by atoms with Crippen molar-refractivity contribution in [1.82, 2.24) is 14.9 Å². The topological polar surface area (TPSA) is 64.0 Å². The Balaban J connectivity index is 1.87. The maximum atomic E-state index is 12.7. The first-order chi connectivity index (χ1) is 12.4. The van der Waals surface area contributed by atoms with Gasteiger partial charge in [0.2, 0.25) is 0 Å². The second kappa shape index (κ2) is 7.41. The Morgan fingerprint density at radius 1 is 1.23 bits per heavy atom. The molecule has 0 unspecified atom stereocenters. The Kier molecular flexibility index (Phi) is 5.23. The van der Waals surface area contributed by atoms with E-state index in [9.17, 15) is 9.59 Å². The van der Waals surface area contributed by atoms with Gasteiger partial charge in [0.25, 0.3) is 11.5 Å². The van der Waals surface area contributed by atoms with Crippen LogP contribution in [0.2, 0.25) is 0 Å². The van der Waals surface area contributed by atoms with Crippen LogP contribution < -0.4 is 10.9 Å². The van der Waals surface area contributed by atoms with E-state index in [-0.39, 0.29) is 17.5 Å². The molecular weight excluding hydrogens is 346 g/mol. The molecule has 0 saturated heterocycles. The molecule has 2 aromatic heterocycles. The number of nitrogens with one attached hydrogen (secondary N) is 1. The van der Waals surface area contributed by atoms with Crippen LogP contribution in [0.1, 0.15) is 53.2 Å². The van der Waals surface area contributed by atoms with Crippen LogP contribution in [0.5, 0.6) is 0 Å². The fourth-order valence-corrected chi connectivity index (χ4v) is 3.93. The van der Waals surface area contributed by atoms with Crippen LogP contribution >= 0.6 is 11.3 Å². The fraction of sp³-hybridized carbons (Fsp3) is 0.350. The number of thiophene rings is 1. The summed E-state index contributed by atoms with van der Waals surface area (Å²) in [6.45, 7) is 8.29. The lowest BCUT2D eigenvalue weighted by molar-refractivity contribution is 0.0952. The Morgan fingerprint density at radius 3 is 2.50 bits per heavy atom. The van der Waals surface area contributed by atoms with Gasteiger partial charge in [0, 0.05) is 17.5 Å². The number of benzene rings is 1. The average molecular weight is 369 g/mol. The molecule has 136 valence electrons. The number of carbonyl (C=O) groups excluding carboxylic acids is 1. The number of aromatic nitrogens is 2. The summed E-state index contributed by atoms with van der Waals surface area (Å²) in [6.07, 6.45) is 2.52. The molecule has 5 nitrogen and oxygen atoms in total. The number of nitrogens with zero attached hydrogens (tertiary/aromatic N) is 2. The van der Waals surface area contributed by atoms with Gasteiger partial charge < -0.3 is 5.32 Å². The van der Waals surface area contributed by atoms with Crippen molar-refractivity contribution in [2.75, 3.05) is 0 Å². The summed E-state index contributed by atoms with van der Waals surface area (Å²) >= 11 is 1.34. The molecule has 1 aromatic carbocycles. The molecule has 2 heterocycles. The quantitative estimate of drug-likeness (QED) is 0.743. The van der Waals surface area contributed by atoms with E-state index < -0.39 is 0 Å². The molecule has 6 heteroatoms. The standard InChI is InChI=1S/C20H23N3O2S/c1-5-14-6-8-15(9-7-14)10-21-19(24)16-13(4)26-18-17(16)22-11-23(12(2)3)20(18)25/h6-9,11-12H,5,10H2,1-4H3,(H,21,24). The molecule has 3 aromatic rings. The molecule has 0 aliphatic heterocycles. The van der Waals surface area contributed by atoms with Crippen molar-refractivity contribution in [2.24, 2.45) is 0 Å². The molecule has 3 rings (SSSR count). The molecule has 26 heavy (non-hydrogen) atoms. The van der Waals surface area contributed by atoms with Gasteiger partial charge in [-0.3, -0.25) is 14.2 Å². The van der Waals surface area contributed by atoms with Gasteiger partial charge >= 0.3 is 0 Å². The van der Waals surface area contributed by atoms with E-state index in [1.807, 2.05) is 32.9 Å². The fourth-order valence-electron chi connectivity index (χ4n) is 2.89. The highest BCUT2D eigenvalue weighted by Crippen LogP contribution is 2.27. The SMILES string of the molecule is CCc1ccc(CNC(=O)c2c(C)sc3c(=O)n(C(C)C)cnc23)cc1. The van der Waals surface area contributed by atoms with E-state index in [0.29, 0.717) is 22.3 Å². The molecule has 0 atom stereocenters. The molecule has 1 N–H and O–H groups in total. The third-order valence-corrected chi connectivity index (χ3v) is 5.55. The first-order valence-electron chi connectivity index (χ1n) is 8.78. The largest absolute Gasteiger partial charge is 0.348 e. The zero-order valence-electron chi connectivity index (χ0n) is 15.5. The van der Waals surface area contributed by atoms with Gasteiger partial charge in [-0.15, -0.1) is 11.3 Å². The number of hydrogen-bond donors (Lipinski definition) is 1. The Morgan fingerprint density at radius 2 is 1.88 bits per heavy atom. The van der Waals surface area contributed by atoms with Gasteiger partial charge in [-0.25, -0.2) is 4.98 Å². The summed E-state index contributed by atoms with van der Waals surface area (Å²) in [7, 11) is 0. The summed E-state index contributed by atoms with van der Waals surface area (Å²) in [5, 5.41) is 2.95. The average Bonchev–Trinajstić information content (AvgIpc) is 2.97. The summed E-state index contributed by atoms with van der Waals surface area (Å²) < 4.78 is 2.13. The first kappa shape index (κ1) is 18.3. The minimum Gasteiger partial charge on any atom is -0.348 e. The van der Waals surface area contributed by atoms with E-state index >= 15 is 0 Å². The molecule has 0 aliphatic rings. The van der Waals surface area contributed by atoms with Crippen molar-refractivity contribution in [3.05, 3.63) is 62.5 Å². The van der Waals surface area contributed by atoms with Gasteiger partial charge in [-0.2, -0.15) is 0 Å². The summed E-state index contributed by atoms with van der Waals surface area (Å²) in [4.78, 5) is 30.5. The van der Waals surface area contributed by atoms with Crippen LogP contribution in [-0.2, 0) is 13.0 Å². The Labute approximate surface area is 156 Å². The molecule has 1 amide bonds. The van der Waals surface area contributed by atoms with Crippen LogP contribution in [0, 0.1) is 6.92 Å². The Bertz CT molecular complexity index is 1000. The molecule has 0 radical (unpaired) electrons. The summed E-state index contributed by atoms with van der Waals surface area (Å²) in [5.74, 6) is -0.192. The lowest BCUT2D eigenvalue weighted by Gasteiger charge is -2.09. The molecular formula is C20H23N3O2S. The van der Waals surface area contributed by atoms with E-state index in [2.05, 4.69) is 29.4 Å². The minimum atomic E-state index is -0.192. The smallest absolute Gasteiger partial charge is 0.271 e. The summed E-state index contributed by atoms with van der Waals surface area (Å²) in [5.41, 5.74) is 3.22. The predicted octanol–water partition coefficient (Wildman–Crippen LogP) is 3.84. The van der Waals surface area contributed by atoms with Crippen molar-refractivity contribution < 1.29 is 4.79 Å². The maximum Gasteiger partial charge on any atom is 0.271 e. The highest BCUT2D eigenvalue weighted by Gasteiger charge is 2.20. The normalized spacial score (nSPS) is 11.3. The van der Waals surface area contributed by atoms with E-state index in [1.165, 1.54) is 23.2 Å². The van der Waals surface area contributed by atoms with Crippen LogP contribution in [0.25, 0.3) is 10.2 Å². The molecule has 0 aliphatic carbocycles. The van der Waals surface area contributed by atoms with Crippen molar-refractivity contribution in [2.45, 2.75) is 46.7 Å². The third-order valence-electron chi connectivity index (χ3n) is 4.47. The lowest BCUT2D eigenvalue weighted by atomic mass is 10.1. The number of carbonyl (C=O) groups is 1. The number of hydrogen-bond acceptors (Lipinski definition) is 4. The molecule has 0 saturated carbocycles. The zero-order valence-corrected chi connectivity index (χ0v) is 16.3. The van der Waals surface area contributed by atoms with Gasteiger partial charge in [-0.05, 0) is 38.3 Å². The van der Waals surface area contributed by atoms with Crippen LogP contribution in [0.15, 0.2) is 35.4 Å². The third kappa shape index (κ3) is 3.42. The second-order valence-electron chi connectivity index (χ2n) is 6.61. The van der Waals surface area contributed by atoms with Crippen molar-refractivity contribution in [1.29, 1.82) is 0 Å². The number of rotatable bonds is 5. The lowest BCUT2D eigenvalue weighted by Crippen LogP contribution is -2.24.